The van der Waals surface area contributed by atoms with Crippen molar-refractivity contribution < 1.29 is 12.8 Å². The minimum absolute atomic E-state index is 0.265. The highest BCUT2D eigenvalue weighted by molar-refractivity contribution is 7.92. The van der Waals surface area contributed by atoms with E-state index in [0.29, 0.717) is 5.56 Å². The molecule has 0 radical (unpaired) electrons. The minimum Gasteiger partial charge on any atom is -0.398 e. The summed E-state index contributed by atoms with van der Waals surface area (Å²) in [6, 6.07) is 6.91. The van der Waals surface area contributed by atoms with Crippen LogP contribution >= 0.6 is 11.3 Å². The largest absolute Gasteiger partial charge is 0.398 e. The Labute approximate surface area is 103 Å². The first-order chi connectivity index (χ1) is 7.99. The van der Waals surface area contributed by atoms with Gasteiger partial charge >= 0.3 is 0 Å². The molecule has 0 fully saturated rings. The summed E-state index contributed by atoms with van der Waals surface area (Å²) in [5, 5.41) is 1.68. The lowest BCUT2D eigenvalue weighted by Gasteiger charge is -2.05. The summed E-state index contributed by atoms with van der Waals surface area (Å²) in [6.07, 6.45) is 0. The molecule has 1 heterocycles. The molecule has 2 aromatic rings. The van der Waals surface area contributed by atoms with Gasteiger partial charge in [-0.2, -0.15) is 0 Å². The van der Waals surface area contributed by atoms with Crippen LogP contribution in [0.4, 0.5) is 10.1 Å². The van der Waals surface area contributed by atoms with Gasteiger partial charge in [-0.25, -0.2) is 12.8 Å². The number of rotatable bonds is 3. The molecule has 0 unspecified atom stereocenters. The second kappa shape index (κ2) is 4.46. The van der Waals surface area contributed by atoms with Crippen LogP contribution in [0.2, 0.25) is 0 Å². The van der Waals surface area contributed by atoms with Gasteiger partial charge < -0.3 is 5.73 Å². The molecule has 2 rings (SSSR count). The Hall–Kier alpha value is -1.40. The van der Waals surface area contributed by atoms with E-state index in [2.05, 4.69) is 0 Å². The van der Waals surface area contributed by atoms with Crippen LogP contribution in [0.3, 0.4) is 0 Å². The van der Waals surface area contributed by atoms with Gasteiger partial charge in [0, 0.05) is 5.69 Å². The van der Waals surface area contributed by atoms with Crippen molar-refractivity contribution in [3.05, 3.63) is 47.1 Å². The number of anilines is 1. The maximum Gasteiger partial charge on any atom is 0.191 e. The van der Waals surface area contributed by atoms with Gasteiger partial charge in [0.1, 0.15) is 10.0 Å². The van der Waals surface area contributed by atoms with Crippen molar-refractivity contribution in [1.82, 2.24) is 0 Å². The molecule has 0 spiro atoms. The molecule has 0 amide bonds. The molecule has 0 aliphatic carbocycles. The van der Waals surface area contributed by atoms with E-state index in [-0.39, 0.29) is 15.6 Å². The van der Waals surface area contributed by atoms with Crippen LogP contribution in [0.15, 0.2) is 39.9 Å². The van der Waals surface area contributed by atoms with E-state index in [9.17, 15) is 12.8 Å². The van der Waals surface area contributed by atoms with Crippen molar-refractivity contribution in [3.63, 3.8) is 0 Å². The highest BCUT2D eigenvalue weighted by Gasteiger charge is 2.18. The standard InChI is InChI=1S/C11H10FNO2S2/c12-9-3-4-10(13)8(6-9)7-17(14,15)11-2-1-5-16-11/h1-6H,7,13H2. The number of nitrogen functional groups attached to an aromatic ring is 1. The first-order valence-corrected chi connectivity index (χ1v) is 7.32. The average Bonchev–Trinajstić information content (AvgIpc) is 2.77. The van der Waals surface area contributed by atoms with Gasteiger partial charge in [-0.1, -0.05) is 6.07 Å². The van der Waals surface area contributed by atoms with Crippen LogP contribution in [0.1, 0.15) is 5.56 Å². The summed E-state index contributed by atoms with van der Waals surface area (Å²) in [6.45, 7) is 0. The molecule has 0 atom stereocenters. The van der Waals surface area contributed by atoms with E-state index >= 15 is 0 Å². The maximum absolute atomic E-state index is 13.0. The predicted molar refractivity (Wildman–Crippen MR) is 66.0 cm³/mol. The number of thiophene rings is 1. The Balaban J connectivity index is 2.36. The van der Waals surface area contributed by atoms with Gasteiger partial charge in [0.2, 0.25) is 0 Å². The van der Waals surface area contributed by atoms with E-state index in [1.165, 1.54) is 18.2 Å². The van der Waals surface area contributed by atoms with Crippen molar-refractivity contribution >= 4 is 26.9 Å². The minimum atomic E-state index is -3.44. The summed E-state index contributed by atoms with van der Waals surface area (Å²) in [5.41, 5.74) is 6.20. The summed E-state index contributed by atoms with van der Waals surface area (Å²) < 4.78 is 37.2. The van der Waals surface area contributed by atoms with E-state index in [0.717, 1.165) is 17.4 Å². The SMILES string of the molecule is Nc1ccc(F)cc1CS(=O)(=O)c1cccs1. The van der Waals surface area contributed by atoms with Crippen LogP contribution in [0.25, 0.3) is 0 Å². The van der Waals surface area contributed by atoms with Crippen LogP contribution in [-0.2, 0) is 15.6 Å². The zero-order chi connectivity index (χ0) is 12.5. The molecule has 6 heteroatoms. The van der Waals surface area contributed by atoms with Gasteiger partial charge in [-0.15, -0.1) is 11.3 Å². The van der Waals surface area contributed by atoms with Crippen molar-refractivity contribution in [2.75, 3.05) is 5.73 Å². The normalized spacial score (nSPS) is 11.6. The third kappa shape index (κ3) is 2.65. The number of sulfone groups is 1. The highest BCUT2D eigenvalue weighted by Crippen LogP contribution is 2.24. The van der Waals surface area contributed by atoms with Crippen molar-refractivity contribution in [1.29, 1.82) is 0 Å². The molecule has 2 N–H and O–H groups in total. The highest BCUT2D eigenvalue weighted by atomic mass is 32.2. The number of hydrogen-bond acceptors (Lipinski definition) is 4. The van der Waals surface area contributed by atoms with Gasteiger partial charge in [-0.05, 0) is 35.2 Å². The monoisotopic (exact) mass is 271 g/mol. The Morgan fingerprint density at radius 1 is 1.29 bits per heavy atom. The molecular weight excluding hydrogens is 261 g/mol. The van der Waals surface area contributed by atoms with E-state index in [1.807, 2.05) is 0 Å². The molecule has 1 aromatic heterocycles. The fourth-order valence-electron chi connectivity index (χ4n) is 1.42. The topological polar surface area (TPSA) is 60.2 Å². The van der Waals surface area contributed by atoms with Crippen LogP contribution in [0, 0.1) is 5.82 Å². The van der Waals surface area contributed by atoms with Crippen LogP contribution in [0.5, 0.6) is 0 Å². The molecule has 0 saturated heterocycles. The molecule has 17 heavy (non-hydrogen) atoms. The quantitative estimate of drug-likeness (QED) is 0.872. The molecule has 3 nitrogen and oxygen atoms in total. The van der Waals surface area contributed by atoms with Gasteiger partial charge in [0.25, 0.3) is 0 Å². The molecule has 0 bridgehead atoms. The van der Waals surface area contributed by atoms with Gasteiger partial charge in [-0.3, -0.25) is 0 Å². The smallest absolute Gasteiger partial charge is 0.191 e. The predicted octanol–water partition coefficient (Wildman–Crippen LogP) is 2.44. The third-order valence-electron chi connectivity index (χ3n) is 2.25. The number of hydrogen-bond donors (Lipinski definition) is 1. The Kier molecular flexibility index (Phi) is 3.17. The zero-order valence-corrected chi connectivity index (χ0v) is 10.4. The second-order valence-electron chi connectivity index (χ2n) is 3.53. The Morgan fingerprint density at radius 3 is 2.71 bits per heavy atom. The lowest BCUT2D eigenvalue weighted by molar-refractivity contribution is 0.596. The number of benzene rings is 1. The zero-order valence-electron chi connectivity index (χ0n) is 8.76. The van der Waals surface area contributed by atoms with Gasteiger partial charge in [0.05, 0.1) is 5.75 Å². The fraction of sp³-hybridized carbons (Fsp3) is 0.0909. The van der Waals surface area contributed by atoms with Crippen LogP contribution < -0.4 is 5.73 Å². The van der Waals surface area contributed by atoms with E-state index in [4.69, 9.17) is 5.73 Å². The Bertz CT molecular complexity index is 621. The van der Waals surface area contributed by atoms with Gasteiger partial charge in [0.15, 0.2) is 9.84 Å². The molecule has 0 aliphatic heterocycles. The summed E-state index contributed by atoms with van der Waals surface area (Å²) in [7, 11) is -3.44. The first-order valence-electron chi connectivity index (χ1n) is 4.79. The summed E-state index contributed by atoms with van der Waals surface area (Å²) in [5.74, 6) is -0.771. The summed E-state index contributed by atoms with van der Waals surface area (Å²) >= 11 is 1.14. The second-order valence-corrected chi connectivity index (χ2v) is 6.70. The summed E-state index contributed by atoms with van der Waals surface area (Å²) in [4.78, 5) is 0. The molecule has 1 aromatic carbocycles. The number of nitrogens with two attached hydrogens (primary N) is 1. The molecule has 0 aliphatic rings. The molecular formula is C11H10FNO2S2. The third-order valence-corrected chi connectivity index (χ3v) is 5.40. The first kappa shape index (κ1) is 12.1. The van der Waals surface area contributed by atoms with E-state index < -0.39 is 15.7 Å². The van der Waals surface area contributed by atoms with Crippen molar-refractivity contribution in [3.8, 4) is 0 Å². The fourth-order valence-corrected chi connectivity index (χ4v) is 3.88. The van der Waals surface area contributed by atoms with Crippen molar-refractivity contribution in [2.45, 2.75) is 9.96 Å². The van der Waals surface area contributed by atoms with Crippen LogP contribution in [-0.4, -0.2) is 8.42 Å². The van der Waals surface area contributed by atoms with E-state index in [1.54, 1.807) is 11.4 Å². The lowest BCUT2D eigenvalue weighted by Crippen LogP contribution is -2.05. The molecule has 90 valence electrons. The average molecular weight is 271 g/mol. The van der Waals surface area contributed by atoms with Crippen molar-refractivity contribution in [2.24, 2.45) is 0 Å². The molecule has 0 saturated carbocycles. The Morgan fingerprint density at radius 2 is 2.06 bits per heavy atom. The lowest BCUT2D eigenvalue weighted by atomic mass is 10.2. The maximum atomic E-state index is 13.0. The number of halogens is 1.